The number of hydrogen-bond donors (Lipinski definition) is 1. The SMILES string of the molecule is OC(c1ccccc1)c1ccc(-c2ccccc2)c(Cl)c1. The predicted octanol–water partition coefficient (Wildman–Crippen LogP) is 5.09. The highest BCUT2D eigenvalue weighted by molar-refractivity contribution is 6.33. The van der Waals surface area contributed by atoms with Gasteiger partial charge in [0.25, 0.3) is 0 Å². The lowest BCUT2D eigenvalue weighted by Gasteiger charge is -2.13. The number of aliphatic hydroxyl groups excluding tert-OH is 1. The van der Waals surface area contributed by atoms with E-state index in [4.69, 9.17) is 11.6 Å². The van der Waals surface area contributed by atoms with Crippen molar-refractivity contribution in [2.24, 2.45) is 0 Å². The van der Waals surface area contributed by atoms with Crippen LogP contribution in [0.2, 0.25) is 5.02 Å². The fourth-order valence-corrected chi connectivity index (χ4v) is 2.68. The van der Waals surface area contributed by atoms with Crippen molar-refractivity contribution in [3.8, 4) is 11.1 Å². The highest BCUT2D eigenvalue weighted by Crippen LogP contribution is 2.32. The second kappa shape index (κ2) is 6.13. The van der Waals surface area contributed by atoms with Gasteiger partial charge in [0.05, 0.1) is 0 Å². The van der Waals surface area contributed by atoms with Crippen molar-refractivity contribution in [3.05, 3.63) is 95.0 Å². The van der Waals surface area contributed by atoms with Crippen molar-refractivity contribution < 1.29 is 5.11 Å². The summed E-state index contributed by atoms with van der Waals surface area (Å²) in [5.41, 5.74) is 3.71. The van der Waals surface area contributed by atoms with E-state index in [1.165, 1.54) is 0 Å². The Labute approximate surface area is 129 Å². The molecule has 1 nitrogen and oxygen atoms in total. The monoisotopic (exact) mass is 294 g/mol. The molecular weight excluding hydrogens is 280 g/mol. The normalized spacial score (nSPS) is 12.1. The molecule has 21 heavy (non-hydrogen) atoms. The van der Waals surface area contributed by atoms with Gasteiger partial charge in [-0.1, -0.05) is 84.4 Å². The standard InChI is InChI=1S/C19H15ClO/c20-18-13-16(19(21)15-9-5-2-6-10-15)11-12-17(18)14-7-3-1-4-8-14/h1-13,19,21H. The average molecular weight is 295 g/mol. The summed E-state index contributed by atoms with van der Waals surface area (Å²) in [5, 5.41) is 11.1. The van der Waals surface area contributed by atoms with Crippen LogP contribution in [0.25, 0.3) is 11.1 Å². The van der Waals surface area contributed by atoms with Crippen molar-refractivity contribution in [2.75, 3.05) is 0 Å². The minimum absolute atomic E-state index is 0.647. The van der Waals surface area contributed by atoms with Crippen LogP contribution in [0.1, 0.15) is 17.2 Å². The molecule has 0 saturated carbocycles. The Morgan fingerprint density at radius 2 is 1.33 bits per heavy atom. The zero-order chi connectivity index (χ0) is 14.7. The van der Waals surface area contributed by atoms with Crippen molar-refractivity contribution in [1.82, 2.24) is 0 Å². The molecule has 1 N–H and O–H groups in total. The van der Waals surface area contributed by atoms with Gasteiger partial charge in [0, 0.05) is 10.6 Å². The number of aliphatic hydroxyl groups is 1. The summed E-state index contributed by atoms with van der Waals surface area (Å²) in [6.07, 6.45) is -0.659. The van der Waals surface area contributed by atoms with Crippen LogP contribution in [0.5, 0.6) is 0 Å². The summed E-state index contributed by atoms with van der Waals surface area (Å²) < 4.78 is 0. The predicted molar refractivity (Wildman–Crippen MR) is 87.4 cm³/mol. The van der Waals surface area contributed by atoms with Crippen molar-refractivity contribution in [2.45, 2.75) is 6.10 Å². The minimum Gasteiger partial charge on any atom is -0.384 e. The first-order valence-electron chi connectivity index (χ1n) is 6.83. The van der Waals surface area contributed by atoms with Crippen LogP contribution in [0.4, 0.5) is 0 Å². The van der Waals surface area contributed by atoms with Gasteiger partial charge in [-0.05, 0) is 22.8 Å². The Balaban J connectivity index is 1.95. The summed E-state index contributed by atoms with van der Waals surface area (Å²) >= 11 is 6.38. The lowest BCUT2D eigenvalue weighted by Crippen LogP contribution is -1.99. The lowest BCUT2D eigenvalue weighted by molar-refractivity contribution is 0.220. The maximum atomic E-state index is 10.4. The van der Waals surface area contributed by atoms with E-state index < -0.39 is 6.10 Å². The first-order chi connectivity index (χ1) is 10.3. The average Bonchev–Trinajstić information content (AvgIpc) is 2.55. The Morgan fingerprint density at radius 1 is 0.714 bits per heavy atom. The van der Waals surface area contributed by atoms with Gasteiger partial charge in [-0.3, -0.25) is 0 Å². The van der Waals surface area contributed by atoms with Gasteiger partial charge < -0.3 is 5.11 Å². The molecule has 0 aliphatic rings. The molecule has 0 amide bonds. The van der Waals surface area contributed by atoms with Gasteiger partial charge in [-0.15, -0.1) is 0 Å². The molecule has 0 radical (unpaired) electrons. The van der Waals surface area contributed by atoms with Gasteiger partial charge >= 0.3 is 0 Å². The van der Waals surface area contributed by atoms with Crippen LogP contribution >= 0.6 is 11.6 Å². The van der Waals surface area contributed by atoms with E-state index >= 15 is 0 Å². The zero-order valence-electron chi connectivity index (χ0n) is 11.4. The van der Waals surface area contributed by atoms with Crippen molar-refractivity contribution in [1.29, 1.82) is 0 Å². The van der Waals surface area contributed by atoms with E-state index in [-0.39, 0.29) is 0 Å². The van der Waals surface area contributed by atoms with Crippen molar-refractivity contribution >= 4 is 11.6 Å². The fraction of sp³-hybridized carbons (Fsp3) is 0.0526. The topological polar surface area (TPSA) is 20.2 Å². The molecule has 0 aliphatic carbocycles. The zero-order valence-corrected chi connectivity index (χ0v) is 12.2. The Bertz CT molecular complexity index is 723. The highest BCUT2D eigenvalue weighted by Gasteiger charge is 2.12. The number of halogens is 1. The van der Waals surface area contributed by atoms with Gasteiger partial charge in [-0.25, -0.2) is 0 Å². The molecule has 0 saturated heterocycles. The number of rotatable bonds is 3. The first kappa shape index (κ1) is 13.9. The van der Waals surface area contributed by atoms with E-state index in [2.05, 4.69) is 0 Å². The smallest absolute Gasteiger partial charge is 0.104 e. The third-order valence-electron chi connectivity index (χ3n) is 3.51. The summed E-state index contributed by atoms with van der Waals surface area (Å²) in [4.78, 5) is 0. The molecule has 3 aromatic rings. The van der Waals surface area contributed by atoms with Crippen LogP contribution in [-0.2, 0) is 0 Å². The highest BCUT2D eigenvalue weighted by atomic mass is 35.5. The van der Waals surface area contributed by atoms with Gasteiger partial charge in [0.1, 0.15) is 6.10 Å². The Kier molecular flexibility index (Phi) is 4.05. The van der Waals surface area contributed by atoms with E-state index in [1.54, 1.807) is 0 Å². The van der Waals surface area contributed by atoms with E-state index in [1.807, 2.05) is 78.9 Å². The second-order valence-corrected chi connectivity index (χ2v) is 5.33. The van der Waals surface area contributed by atoms with Crippen molar-refractivity contribution in [3.63, 3.8) is 0 Å². The molecule has 1 atom stereocenters. The van der Waals surface area contributed by atoms with Crippen LogP contribution in [-0.4, -0.2) is 5.11 Å². The molecule has 104 valence electrons. The molecule has 0 aliphatic heterocycles. The van der Waals surface area contributed by atoms with Crippen LogP contribution in [0.3, 0.4) is 0 Å². The minimum atomic E-state index is -0.659. The molecule has 0 aromatic heterocycles. The summed E-state index contributed by atoms with van der Waals surface area (Å²) in [6, 6.07) is 25.3. The molecule has 0 spiro atoms. The molecule has 3 aromatic carbocycles. The molecule has 0 bridgehead atoms. The molecule has 1 unspecified atom stereocenters. The Hall–Kier alpha value is -2.09. The van der Waals surface area contributed by atoms with Crippen LogP contribution in [0.15, 0.2) is 78.9 Å². The Morgan fingerprint density at radius 3 is 1.95 bits per heavy atom. The summed E-state index contributed by atoms with van der Waals surface area (Å²) in [6.45, 7) is 0. The number of hydrogen-bond acceptors (Lipinski definition) is 1. The lowest BCUT2D eigenvalue weighted by atomic mass is 9.98. The van der Waals surface area contributed by atoms with Crippen LogP contribution < -0.4 is 0 Å². The van der Waals surface area contributed by atoms with Gasteiger partial charge in [0.15, 0.2) is 0 Å². The molecule has 2 heteroatoms. The van der Waals surface area contributed by atoms with E-state index in [0.717, 1.165) is 22.3 Å². The molecular formula is C19H15ClO. The van der Waals surface area contributed by atoms with Gasteiger partial charge in [0.2, 0.25) is 0 Å². The quantitative estimate of drug-likeness (QED) is 0.713. The molecule has 3 rings (SSSR count). The number of benzene rings is 3. The summed E-state index contributed by atoms with van der Waals surface area (Å²) in [7, 11) is 0. The molecule has 0 fully saturated rings. The maximum Gasteiger partial charge on any atom is 0.104 e. The molecule has 0 heterocycles. The van der Waals surface area contributed by atoms with Crippen LogP contribution in [0, 0.1) is 0 Å². The third-order valence-corrected chi connectivity index (χ3v) is 3.82. The van der Waals surface area contributed by atoms with Gasteiger partial charge in [-0.2, -0.15) is 0 Å². The second-order valence-electron chi connectivity index (χ2n) is 4.92. The first-order valence-corrected chi connectivity index (χ1v) is 7.21. The fourth-order valence-electron chi connectivity index (χ4n) is 2.38. The summed E-state index contributed by atoms with van der Waals surface area (Å²) in [5.74, 6) is 0. The van der Waals surface area contributed by atoms with E-state index in [9.17, 15) is 5.11 Å². The largest absolute Gasteiger partial charge is 0.384 e. The third kappa shape index (κ3) is 2.99. The van der Waals surface area contributed by atoms with E-state index in [0.29, 0.717) is 5.02 Å². The maximum absolute atomic E-state index is 10.4.